The van der Waals surface area contributed by atoms with Gasteiger partial charge in [-0.15, -0.1) is 0 Å². The smallest absolute Gasteiger partial charge is 0.264 e. The van der Waals surface area contributed by atoms with E-state index in [1.54, 1.807) is 0 Å². The highest BCUT2D eigenvalue weighted by Crippen LogP contribution is 2.38. The number of fused-ring (bicyclic) bond motifs is 1. The van der Waals surface area contributed by atoms with Crippen molar-refractivity contribution in [1.82, 2.24) is 0 Å². The number of benzene rings is 1. The topological polar surface area (TPSA) is 64.7 Å². The second-order valence-electron chi connectivity index (χ2n) is 3.68. The summed E-state index contributed by atoms with van der Waals surface area (Å²) in [6.07, 6.45) is -3.82. The lowest BCUT2D eigenvalue weighted by atomic mass is 10.0. The van der Waals surface area contributed by atoms with Crippen LogP contribution in [0.4, 0.5) is 8.78 Å². The maximum Gasteiger partial charge on any atom is 0.264 e. The molecule has 0 amide bonds. The number of alkyl halides is 2. The van der Waals surface area contributed by atoms with Gasteiger partial charge in [-0.1, -0.05) is 0 Å². The van der Waals surface area contributed by atoms with Crippen LogP contribution in [-0.2, 0) is 0 Å². The predicted molar refractivity (Wildman–Crippen MR) is 56.4 cm³/mol. The highest BCUT2D eigenvalue weighted by Gasteiger charge is 2.23. The van der Waals surface area contributed by atoms with E-state index in [-0.39, 0.29) is 23.4 Å². The van der Waals surface area contributed by atoms with Gasteiger partial charge in [-0.2, -0.15) is 0 Å². The molecule has 0 bridgehead atoms. The molecule has 1 aliphatic rings. The standard InChI is InChI=1S/C11H13F2NO3/c12-11(13)7-4-10-9(16-1-2-17-10)3-6(7)8(15)5-14/h3-4,8,11,15H,1-2,5,14H2. The van der Waals surface area contributed by atoms with E-state index in [1.807, 2.05) is 0 Å². The Morgan fingerprint density at radius 1 is 1.18 bits per heavy atom. The van der Waals surface area contributed by atoms with Crippen molar-refractivity contribution in [2.45, 2.75) is 12.5 Å². The summed E-state index contributed by atoms with van der Waals surface area (Å²) in [5, 5.41) is 9.61. The lowest BCUT2D eigenvalue weighted by Crippen LogP contribution is -2.18. The third-order valence-electron chi connectivity index (χ3n) is 2.57. The van der Waals surface area contributed by atoms with Gasteiger partial charge >= 0.3 is 0 Å². The molecule has 1 aromatic rings. The molecule has 17 heavy (non-hydrogen) atoms. The Balaban J connectivity index is 2.48. The highest BCUT2D eigenvalue weighted by molar-refractivity contribution is 5.49. The molecule has 2 rings (SSSR count). The third kappa shape index (κ3) is 2.32. The molecule has 1 atom stereocenters. The van der Waals surface area contributed by atoms with Crippen LogP contribution >= 0.6 is 0 Å². The minimum atomic E-state index is -2.69. The average molecular weight is 245 g/mol. The van der Waals surface area contributed by atoms with E-state index in [9.17, 15) is 13.9 Å². The molecular weight excluding hydrogens is 232 g/mol. The summed E-state index contributed by atoms with van der Waals surface area (Å²) in [5.74, 6) is 0.641. The molecule has 0 spiro atoms. The molecular formula is C11H13F2NO3. The van der Waals surface area contributed by atoms with Crippen LogP contribution in [0.25, 0.3) is 0 Å². The summed E-state index contributed by atoms with van der Waals surface area (Å²) < 4.78 is 36.2. The van der Waals surface area contributed by atoms with Gasteiger partial charge in [0.15, 0.2) is 11.5 Å². The first-order valence-corrected chi connectivity index (χ1v) is 5.23. The van der Waals surface area contributed by atoms with E-state index in [4.69, 9.17) is 15.2 Å². The van der Waals surface area contributed by atoms with E-state index in [0.717, 1.165) is 0 Å². The molecule has 0 radical (unpaired) electrons. The zero-order chi connectivity index (χ0) is 12.4. The molecule has 3 N–H and O–H groups in total. The van der Waals surface area contributed by atoms with E-state index in [1.165, 1.54) is 12.1 Å². The van der Waals surface area contributed by atoms with Crippen molar-refractivity contribution in [3.8, 4) is 11.5 Å². The number of nitrogens with two attached hydrogens (primary N) is 1. The van der Waals surface area contributed by atoms with Gasteiger partial charge in [-0.25, -0.2) is 8.78 Å². The summed E-state index contributed by atoms with van der Waals surface area (Å²) in [5.41, 5.74) is 5.10. The van der Waals surface area contributed by atoms with Gasteiger partial charge in [0.2, 0.25) is 0 Å². The van der Waals surface area contributed by atoms with Gasteiger partial charge in [0.1, 0.15) is 13.2 Å². The Morgan fingerprint density at radius 2 is 1.71 bits per heavy atom. The second kappa shape index (κ2) is 4.85. The number of halogens is 2. The molecule has 1 heterocycles. The number of aliphatic hydroxyl groups is 1. The van der Waals surface area contributed by atoms with E-state index >= 15 is 0 Å². The van der Waals surface area contributed by atoms with Crippen LogP contribution in [-0.4, -0.2) is 24.9 Å². The van der Waals surface area contributed by atoms with Gasteiger partial charge in [-0.3, -0.25) is 0 Å². The molecule has 1 aromatic carbocycles. The first kappa shape index (κ1) is 12.1. The Labute approximate surface area is 96.9 Å². The highest BCUT2D eigenvalue weighted by atomic mass is 19.3. The summed E-state index contributed by atoms with van der Waals surface area (Å²) in [4.78, 5) is 0. The maximum atomic E-state index is 12.8. The van der Waals surface area contributed by atoms with Crippen molar-refractivity contribution < 1.29 is 23.4 Å². The zero-order valence-corrected chi connectivity index (χ0v) is 9.03. The van der Waals surface area contributed by atoms with Crippen molar-refractivity contribution >= 4 is 0 Å². The van der Waals surface area contributed by atoms with E-state index in [0.29, 0.717) is 19.0 Å². The normalized spacial score (nSPS) is 16.1. The molecule has 1 aliphatic heterocycles. The fraction of sp³-hybridized carbons (Fsp3) is 0.455. The van der Waals surface area contributed by atoms with Crippen molar-refractivity contribution in [1.29, 1.82) is 0 Å². The number of aliphatic hydroxyl groups excluding tert-OH is 1. The number of hydrogen-bond acceptors (Lipinski definition) is 4. The van der Waals surface area contributed by atoms with E-state index < -0.39 is 12.5 Å². The lowest BCUT2D eigenvalue weighted by molar-refractivity contribution is 0.133. The van der Waals surface area contributed by atoms with Crippen LogP contribution in [0.2, 0.25) is 0 Å². The summed E-state index contributed by atoms with van der Waals surface area (Å²) in [7, 11) is 0. The fourth-order valence-corrected chi connectivity index (χ4v) is 1.72. The summed E-state index contributed by atoms with van der Waals surface area (Å²) >= 11 is 0. The van der Waals surface area contributed by atoms with Gasteiger partial charge in [-0.05, 0) is 17.7 Å². The van der Waals surface area contributed by atoms with Crippen LogP contribution < -0.4 is 15.2 Å². The van der Waals surface area contributed by atoms with Crippen molar-refractivity contribution in [3.63, 3.8) is 0 Å². The van der Waals surface area contributed by atoms with Crippen LogP contribution in [0.5, 0.6) is 11.5 Å². The summed E-state index contributed by atoms with van der Waals surface area (Å²) in [6, 6.07) is 2.57. The Morgan fingerprint density at radius 3 is 2.18 bits per heavy atom. The Kier molecular flexibility index (Phi) is 3.44. The van der Waals surface area contributed by atoms with Crippen LogP contribution in [0, 0.1) is 0 Å². The Hall–Kier alpha value is -1.40. The molecule has 94 valence electrons. The van der Waals surface area contributed by atoms with Crippen molar-refractivity contribution in [2.24, 2.45) is 5.73 Å². The molecule has 0 saturated heterocycles. The first-order valence-electron chi connectivity index (χ1n) is 5.23. The second-order valence-corrected chi connectivity index (χ2v) is 3.68. The fourth-order valence-electron chi connectivity index (χ4n) is 1.72. The van der Waals surface area contributed by atoms with Gasteiger partial charge in [0.25, 0.3) is 6.43 Å². The monoisotopic (exact) mass is 245 g/mol. The number of rotatable bonds is 3. The molecule has 6 heteroatoms. The Bertz CT molecular complexity index is 412. The maximum absolute atomic E-state index is 12.8. The minimum absolute atomic E-state index is 0.0896. The van der Waals surface area contributed by atoms with Gasteiger partial charge < -0.3 is 20.3 Å². The van der Waals surface area contributed by atoms with Crippen LogP contribution in [0.15, 0.2) is 12.1 Å². The van der Waals surface area contributed by atoms with Gasteiger partial charge in [0, 0.05) is 12.1 Å². The zero-order valence-electron chi connectivity index (χ0n) is 9.03. The van der Waals surface area contributed by atoms with Gasteiger partial charge in [0.05, 0.1) is 6.10 Å². The minimum Gasteiger partial charge on any atom is -0.486 e. The van der Waals surface area contributed by atoms with Crippen molar-refractivity contribution in [3.05, 3.63) is 23.3 Å². The quantitative estimate of drug-likeness (QED) is 0.844. The molecule has 4 nitrogen and oxygen atoms in total. The molecule has 0 aliphatic carbocycles. The average Bonchev–Trinajstić information content (AvgIpc) is 2.36. The number of ether oxygens (including phenoxy) is 2. The van der Waals surface area contributed by atoms with Crippen LogP contribution in [0.3, 0.4) is 0 Å². The molecule has 0 saturated carbocycles. The number of hydrogen-bond donors (Lipinski definition) is 2. The predicted octanol–water partition coefficient (Wildman–Crippen LogP) is 1.39. The molecule has 0 fully saturated rings. The molecule has 0 aromatic heterocycles. The summed E-state index contributed by atoms with van der Waals surface area (Å²) in [6.45, 7) is 0.563. The third-order valence-corrected chi connectivity index (χ3v) is 2.57. The first-order chi connectivity index (χ1) is 8.13. The van der Waals surface area contributed by atoms with Crippen molar-refractivity contribution in [2.75, 3.05) is 19.8 Å². The van der Waals surface area contributed by atoms with Crippen LogP contribution in [0.1, 0.15) is 23.7 Å². The largest absolute Gasteiger partial charge is 0.486 e. The lowest BCUT2D eigenvalue weighted by Gasteiger charge is -2.22. The van der Waals surface area contributed by atoms with E-state index in [2.05, 4.69) is 0 Å². The molecule has 1 unspecified atom stereocenters. The SMILES string of the molecule is NCC(O)c1cc2c(cc1C(F)F)OCCO2.